The van der Waals surface area contributed by atoms with Gasteiger partial charge in [-0.1, -0.05) is 0 Å². The van der Waals surface area contributed by atoms with Crippen LogP contribution in [-0.2, 0) is 9.53 Å². The molecule has 18 heavy (non-hydrogen) atoms. The van der Waals surface area contributed by atoms with Crippen LogP contribution in [-0.4, -0.2) is 32.9 Å². The van der Waals surface area contributed by atoms with E-state index in [9.17, 15) is 4.79 Å². The zero-order chi connectivity index (χ0) is 13.5. The molecule has 0 N–H and O–H groups in total. The fourth-order valence-electron chi connectivity index (χ4n) is 1.40. The monoisotopic (exact) mass is 254 g/mol. The van der Waals surface area contributed by atoms with Crippen molar-refractivity contribution in [1.29, 1.82) is 0 Å². The molecule has 1 aromatic carbocycles. The van der Waals surface area contributed by atoms with Gasteiger partial charge in [0.2, 0.25) is 0 Å². The summed E-state index contributed by atoms with van der Waals surface area (Å²) in [6.45, 7) is 3.72. The van der Waals surface area contributed by atoms with Crippen molar-refractivity contribution in [3.05, 3.63) is 18.2 Å². The molecular formula is C13H18O5. The molecule has 0 bridgehead atoms. The van der Waals surface area contributed by atoms with Crippen molar-refractivity contribution in [2.45, 2.75) is 20.0 Å². The first kappa shape index (κ1) is 14.2. The molecule has 0 fully saturated rings. The molecule has 0 aliphatic carbocycles. The van der Waals surface area contributed by atoms with E-state index >= 15 is 0 Å². The van der Waals surface area contributed by atoms with Crippen LogP contribution in [0.15, 0.2) is 18.2 Å². The molecule has 0 saturated carbocycles. The van der Waals surface area contributed by atoms with Crippen LogP contribution >= 0.6 is 0 Å². The van der Waals surface area contributed by atoms with Crippen molar-refractivity contribution in [3.8, 4) is 17.2 Å². The first-order valence-electron chi connectivity index (χ1n) is 5.67. The summed E-state index contributed by atoms with van der Waals surface area (Å²) in [4.78, 5) is 11.4. The highest BCUT2D eigenvalue weighted by atomic mass is 16.6. The van der Waals surface area contributed by atoms with Gasteiger partial charge in [-0.2, -0.15) is 0 Å². The standard InChI is InChI=1S/C13H18O5/c1-5-17-13(14)9(2)18-10-6-7-11(15-3)12(8-10)16-4/h6-9H,5H2,1-4H3. The molecule has 5 nitrogen and oxygen atoms in total. The summed E-state index contributed by atoms with van der Waals surface area (Å²) in [5.74, 6) is 1.28. The van der Waals surface area contributed by atoms with Gasteiger partial charge >= 0.3 is 5.97 Å². The maximum atomic E-state index is 11.4. The summed E-state index contributed by atoms with van der Waals surface area (Å²) in [7, 11) is 3.09. The highest BCUT2D eigenvalue weighted by Crippen LogP contribution is 2.31. The van der Waals surface area contributed by atoms with Gasteiger partial charge in [0.15, 0.2) is 17.6 Å². The minimum Gasteiger partial charge on any atom is -0.493 e. The zero-order valence-corrected chi connectivity index (χ0v) is 11.1. The average molecular weight is 254 g/mol. The molecule has 1 aromatic rings. The lowest BCUT2D eigenvalue weighted by molar-refractivity contribution is -0.150. The molecule has 0 aliphatic rings. The van der Waals surface area contributed by atoms with E-state index in [1.54, 1.807) is 39.2 Å². The molecule has 0 aromatic heterocycles. The van der Waals surface area contributed by atoms with Crippen LogP contribution in [0.1, 0.15) is 13.8 Å². The molecule has 0 amide bonds. The number of carbonyl (C=O) groups is 1. The van der Waals surface area contributed by atoms with E-state index in [0.29, 0.717) is 23.9 Å². The van der Waals surface area contributed by atoms with E-state index in [1.807, 2.05) is 0 Å². The first-order chi connectivity index (χ1) is 8.62. The Balaban J connectivity index is 2.76. The highest BCUT2D eigenvalue weighted by molar-refractivity contribution is 5.74. The lowest BCUT2D eigenvalue weighted by Gasteiger charge is -2.15. The van der Waals surface area contributed by atoms with E-state index in [4.69, 9.17) is 18.9 Å². The van der Waals surface area contributed by atoms with Gasteiger partial charge in [0, 0.05) is 6.07 Å². The minimum absolute atomic E-state index is 0.332. The number of benzene rings is 1. The second-order valence-electron chi connectivity index (χ2n) is 3.53. The lowest BCUT2D eigenvalue weighted by Crippen LogP contribution is -2.26. The Morgan fingerprint density at radius 3 is 2.44 bits per heavy atom. The predicted molar refractivity (Wildman–Crippen MR) is 66.3 cm³/mol. The number of carbonyl (C=O) groups excluding carboxylic acids is 1. The third-order valence-corrected chi connectivity index (χ3v) is 2.29. The predicted octanol–water partition coefficient (Wildman–Crippen LogP) is 2.03. The van der Waals surface area contributed by atoms with Crippen molar-refractivity contribution >= 4 is 5.97 Å². The van der Waals surface area contributed by atoms with E-state index < -0.39 is 12.1 Å². The molecule has 1 unspecified atom stereocenters. The Bertz CT molecular complexity index is 402. The Labute approximate surface area is 107 Å². The molecule has 5 heteroatoms. The van der Waals surface area contributed by atoms with Gasteiger partial charge in [-0.15, -0.1) is 0 Å². The summed E-state index contributed by atoms with van der Waals surface area (Å²) < 4.78 is 20.6. The van der Waals surface area contributed by atoms with E-state index in [1.165, 1.54) is 7.11 Å². The van der Waals surface area contributed by atoms with Crippen molar-refractivity contribution in [2.75, 3.05) is 20.8 Å². The SMILES string of the molecule is CCOC(=O)C(C)Oc1ccc(OC)c(OC)c1. The zero-order valence-electron chi connectivity index (χ0n) is 11.1. The van der Waals surface area contributed by atoms with Gasteiger partial charge in [0.05, 0.1) is 20.8 Å². The fourth-order valence-corrected chi connectivity index (χ4v) is 1.40. The summed E-state index contributed by atoms with van der Waals surface area (Å²) in [6, 6.07) is 5.08. The Morgan fingerprint density at radius 1 is 1.22 bits per heavy atom. The molecule has 0 radical (unpaired) electrons. The second kappa shape index (κ2) is 6.74. The van der Waals surface area contributed by atoms with Gasteiger partial charge in [-0.25, -0.2) is 4.79 Å². The second-order valence-corrected chi connectivity index (χ2v) is 3.53. The van der Waals surface area contributed by atoms with Crippen LogP contribution in [0.5, 0.6) is 17.2 Å². The van der Waals surface area contributed by atoms with E-state index in [0.717, 1.165) is 0 Å². The first-order valence-corrected chi connectivity index (χ1v) is 5.67. The topological polar surface area (TPSA) is 54.0 Å². The number of hydrogen-bond acceptors (Lipinski definition) is 5. The number of methoxy groups -OCH3 is 2. The Kier molecular flexibility index (Phi) is 5.30. The number of hydrogen-bond donors (Lipinski definition) is 0. The van der Waals surface area contributed by atoms with Crippen LogP contribution in [0.2, 0.25) is 0 Å². The summed E-state index contributed by atoms with van der Waals surface area (Å²) in [5.41, 5.74) is 0. The third kappa shape index (κ3) is 3.55. The van der Waals surface area contributed by atoms with Crippen molar-refractivity contribution < 1.29 is 23.7 Å². The summed E-state index contributed by atoms with van der Waals surface area (Å²) in [5, 5.41) is 0. The van der Waals surface area contributed by atoms with E-state index in [-0.39, 0.29) is 0 Å². The Hall–Kier alpha value is -1.91. The van der Waals surface area contributed by atoms with Crippen molar-refractivity contribution in [3.63, 3.8) is 0 Å². The molecule has 100 valence electrons. The molecule has 0 spiro atoms. The maximum Gasteiger partial charge on any atom is 0.347 e. The normalized spacial score (nSPS) is 11.6. The van der Waals surface area contributed by atoms with Crippen molar-refractivity contribution in [1.82, 2.24) is 0 Å². The van der Waals surface area contributed by atoms with Crippen LogP contribution in [0, 0.1) is 0 Å². The quantitative estimate of drug-likeness (QED) is 0.727. The molecule has 1 rings (SSSR count). The fraction of sp³-hybridized carbons (Fsp3) is 0.462. The number of ether oxygens (including phenoxy) is 4. The smallest absolute Gasteiger partial charge is 0.347 e. The largest absolute Gasteiger partial charge is 0.493 e. The van der Waals surface area contributed by atoms with Crippen LogP contribution < -0.4 is 14.2 Å². The van der Waals surface area contributed by atoms with Gasteiger partial charge < -0.3 is 18.9 Å². The molecule has 1 atom stereocenters. The van der Waals surface area contributed by atoms with Gasteiger partial charge in [-0.3, -0.25) is 0 Å². The van der Waals surface area contributed by atoms with Gasteiger partial charge in [0.1, 0.15) is 5.75 Å². The van der Waals surface area contributed by atoms with E-state index in [2.05, 4.69) is 0 Å². The minimum atomic E-state index is -0.664. The number of esters is 1. The molecule has 0 heterocycles. The Morgan fingerprint density at radius 2 is 1.89 bits per heavy atom. The van der Waals surface area contributed by atoms with Crippen LogP contribution in [0.25, 0.3) is 0 Å². The lowest BCUT2D eigenvalue weighted by atomic mass is 10.3. The summed E-state index contributed by atoms with van der Waals surface area (Å²) >= 11 is 0. The van der Waals surface area contributed by atoms with Crippen LogP contribution in [0.4, 0.5) is 0 Å². The maximum absolute atomic E-state index is 11.4. The summed E-state index contributed by atoms with van der Waals surface area (Å²) in [6.07, 6.45) is -0.664. The van der Waals surface area contributed by atoms with Crippen LogP contribution in [0.3, 0.4) is 0 Å². The molecule has 0 saturated heterocycles. The average Bonchev–Trinajstić information content (AvgIpc) is 2.38. The molecule has 0 aliphatic heterocycles. The molecular weight excluding hydrogens is 236 g/mol. The number of rotatable bonds is 6. The van der Waals surface area contributed by atoms with Gasteiger partial charge in [-0.05, 0) is 26.0 Å². The van der Waals surface area contributed by atoms with Gasteiger partial charge in [0.25, 0.3) is 0 Å². The van der Waals surface area contributed by atoms with Crippen molar-refractivity contribution in [2.24, 2.45) is 0 Å². The highest BCUT2D eigenvalue weighted by Gasteiger charge is 2.16. The third-order valence-electron chi connectivity index (χ3n) is 2.29.